The van der Waals surface area contributed by atoms with E-state index in [0.29, 0.717) is 24.3 Å². The molecular formula is C30H28F3N5O4. The summed E-state index contributed by atoms with van der Waals surface area (Å²) in [6.07, 6.45) is -2.18. The van der Waals surface area contributed by atoms with E-state index in [0.717, 1.165) is 5.56 Å². The zero-order chi connectivity index (χ0) is 30.0. The maximum absolute atomic E-state index is 13.7. The fourth-order valence-corrected chi connectivity index (χ4v) is 4.41. The molecule has 0 aromatic heterocycles. The molecular weight excluding hydrogens is 551 g/mol. The van der Waals surface area contributed by atoms with Gasteiger partial charge in [0.15, 0.2) is 11.6 Å². The molecule has 1 aliphatic rings. The molecule has 0 fully saturated rings. The summed E-state index contributed by atoms with van der Waals surface area (Å²) < 4.78 is 51.4. The van der Waals surface area contributed by atoms with Gasteiger partial charge < -0.3 is 19.9 Å². The van der Waals surface area contributed by atoms with Crippen LogP contribution in [-0.4, -0.2) is 48.4 Å². The summed E-state index contributed by atoms with van der Waals surface area (Å²) in [5.41, 5.74) is 8.96. The molecule has 218 valence electrons. The fraction of sp³-hybridized carbons (Fsp3) is 0.267. The number of hydrogen-bond acceptors (Lipinski definition) is 6. The van der Waals surface area contributed by atoms with E-state index in [-0.39, 0.29) is 30.2 Å². The monoisotopic (exact) mass is 579 g/mol. The molecule has 0 radical (unpaired) electrons. The number of aliphatic hydroxyl groups excluding tert-OH is 1. The molecule has 9 nitrogen and oxygen atoms in total. The number of aliphatic imine (C=N–C) groups is 1. The zero-order valence-electron chi connectivity index (χ0n) is 22.4. The Hall–Kier alpha value is -4.80. The van der Waals surface area contributed by atoms with Crippen LogP contribution in [-0.2, 0) is 9.53 Å². The highest BCUT2D eigenvalue weighted by Crippen LogP contribution is 2.45. The number of benzene rings is 3. The number of carbonyl (C=O) groups excluding carboxylic acids is 1. The van der Waals surface area contributed by atoms with Gasteiger partial charge in [-0.25, -0.2) is 4.99 Å². The van der Waals surface area contributed by atoms with Gasteiger partial charge in [0, 0.05) is 41.2 Å². The van der Waals surface area contributed by atoms with Crippen LogP contribution in [0.5, 0.6) is 5.75 Å². The van der Waals surface area contributed by atoms with Crippen molar-refractivity contribution in [1.29, 1.82) is 0 Å². The number of aliphatic hydroxyl groups is 1. The van der Waals surface area contributed by atoms with Crippen molar-refractivity contribution in [2.45, 2.75) is 30.7 Å². The van der Waals surface area contributed by atoms with E-state index in [9.17, 15) is 18.0 Å². The maximum Gasteiger partial charge on any atom is 0.405 e. The Morgan fingerprint density at radius 1 is 1.12 bits per heavy atom. The summed E-state index contributed by atoms with van der Waals surface area (Å²) in [5, 5.41) is 14.7. The second kappa shape index (κ2) is 13.7. The van der Waals surface area contributed by atoms with Crippen molar-refractivity contribution < 1.29 is 32.5 Å². The summed E-state index contributed by atoms with van der Waals surface area (Å²) in [5.74, 6) is -0.457. The van der Waals surface area contributed by atoms with E-state index in [2.05, 4.69) is 15.0 Å². The van der Waals surface area contributed by atoms with Crippen LogP contribution in [0.15, 0.2) is 95.0 Å². The zero-order valence-corrected chi connectivity index (χ0v) is 22.4. The highest BCUT2D eigenvalue weighted by Gasteiger charge is 2.53. The van der Waals surface area contributed by atoms with Crippen molar-refractivity contribution >= 4 is 23.6 Å². The number of alkyl halides is 3. The molecule has 2 atom stereocenters. The Morgan fingerprint density at radius 2 is 1.83 bits per heavy atom. The smallest absolute Gasteiger partial charge is 0.405 e. The third-order valence-electron chi connectivity index (χ3n) is 6.39. The topological polar surface area (TPSA) is 129 Å². The molecule has 1 amide bonds. The minimum atomic E-state index is -4.66. The minimum Gasteiger partial charge on any atom is -0.494 e. The van der Waals surface area contributed by atoms with Gasteiger partial charge in [0.2, 0.25) is 5.90 Å². The van der Waals surface area contributed by atoms with Gasteiger partial charge in [-0.1, -0.05) is 71.9 Å². The van der Waals surface area contributed by atoms with Gasteiger partial charge >= 0.3 is 6.18 Å². The van der Waals surface area contributed by atoms with Crippen LogP contribution in [0.3, 0.4) is 0 Å². The summed E-state index contributed by atoms with van der Waals surface area (Å²) in [7, 11) is 0. The first-order valence-electron chi connectivity index (χ1n) is 13.1. The lowest BCUT2D eigenvalue weighted by Crippen LogP contribution is -2.50. The first kappa shape index (κ1) is 30.2. The maximum atomic E-state index is 13.7. The average molecular weight is 580 g/mol. The molecule has 2 N–H and O–H groups in total. The molecule has 0 saturated carbocycles. The lowest BCUT2D eigenvalue weighted by molar-refractivity contribution is -0.143. The first-order valence-corrected chi connectivity index (χ1v) is 13.1. The van der Waals surface area contributed by atoms with E-state index >= 15 is 0 Å². The predicted molar refractivity (Wildman–Crippen MR) is 151 cm³/mol. The number of carbonyl (C=O) groups is 1. The average Bonchev–Trinajstić information content (AvgIpc) is 3.37. The molecule has 3 aromatic rings. The normalized spacial score (nSPS) is 18.2. The van der Waals surface area contributed by atoms with Crippen LogP contribution >= 0.6 is 0 Å². The predicted octanol–water partition coefficient (Wildman–Crippen LogP) is 6.43. The van der Waals surface area contributed by atoms with Gasteiger partial charge in [0.25, 0.3) is 5.91 Å². The van der Waals surface area contributed by atoms with Crippen molar-refractivity contribution in [3.8, 4) is 5.75 Å². The first-order chi connectivity index (χ1) is 20.3. The van der Waals surface area contributed by atoms with Gasteiger partial charge in [0.05, 0.1) is 6.61 Å². The van der Waals surface area contributed by atoms with Crippen molar-refractivity contribution in [1.82, 2.24) is 5.32 Å². The van der Waals surface area contributed by atoms with Gasteiger partial charge in [-0.3, -0.25) is 4.79 Å². The third kappa shape index (κ3) is 7.48. The molecule has 12 heteroatoms. The largest absolute Gasteiger partial charge is 0.494 e. The molecule has 0 spiro atoms. The Bertz CT molecular complexity index is 1470. The van der Waals surface area contributed by atoms with Gasteiger partial charge in [-0.15, -0.1) is 0 Å². The van der Waals surface area contributed by atoms with Crippen molar-refractivity contribution in [2.24, 2.45) is 10.1 Å². The number of nitrogens with one attached hydrogen (secondary N) is 1. The third-order valence-corrected chi connectivity index (χ3v) is 6.39. The molecule has 4 rings (SSSR count). The SMILES string of the molecule is [N-]=[N+]=Nc1ccccc1[C@H]1OC(c2ccc(OCCCO)cc2)=N[C@@]1(C/C=C/c1ccccc1)C(=O)NCC(F)(F)F. The fourth-order valence-electron chi connectivity index (χ4n) is 4.41. The lowest BCUT2D eigenvalue weighted by Gasteiger charge is -2.30. The Kier molecular flexibility index (Phi) is 9.85. The Balaban J connectivity index is 1.80. The van der Waals surface area contributed by atoms with Crippen LogP contribution in [0.1, 0.15) is 35.6 Å². The molecule has 0 bridgehead atoms. The van der Waals surface area contributed by atoms with Crippen LogP contribution in [0, 0.1) is 0 Å². The molecule has 3 aromatic carbocycles. The standard InChI is InChI=1S/C30H28F3N5O4/c31-30(32,33)20-35-28(40)29(17-6-10-21-8-2-1-3-9-21)26(24-11-4-5-12-25(24)37-38-34)42-27(36-29)22-13-15-23(16-14-22)41-19-7-18-39/h1-6,8-16,26,39H,7,17-20H2,(H,35,40)/b10-6+/t26-,29-/m1/s1. The van der Waals surface area contributed by atoms with E-state index in [1.165, 1.54) is 6.07 Å². The molecule has 1 heterocycles. The summed E-state index contributed by atoms with van der Waals surface area (Å²) in [6.45, 7) is -1.27. The molecule has 0 aliphatic carbocycles. The number of amides is 1. The van der Waals surface area contributed by atoms with E-state index < -0.39 is 30.3 Å². The second-order valence-electron chi connectivity index (χ2n) is 9.35. The number of nitrogens with zero attached hydrogens (tertiary/aromatic N) is 4. The molecule has 0 saturated heterocycles. The molecule has 0 unspecified atom stereocenters. The van der Waals surface area contributed by atoms with E-state index in [1.807, 2.05) is 35.6 Å². The van der Waals surface area contributed by atoms with Crippen LogP contribution < -0.4 is 10.1 Å². The lowest BCUT2D eigenvalue weighted by atomic mass is 9.83. The van der Waals surface area contributed by atoms with Crippen LogP contribution in [0.4, 0.5) is 18.9 Å². The number of ether oxygens (including phenoxy) is 2. The number of azide groups is 1. The van der Waals surface area contributed by atoms with Crippen LogP contribution in [0.2, 0.25) is 0 Å². The van der Waals surface area contributed by atoms with E-state index in [4.69, 9.17) is 20.1 Å². The Labute approximate surface area is 239 Å². The second-order valence-corrected chi connectivity index (χ2v) is 9.35. The van der Waals surface area contributed by atoms with Crippen LogP contribution in [0.25, 0.3) is 16.5 Å². The minimum absolute atomic E-state index is 0.0152. The van der Waals surface area contributed by atoms with Crippen molar-refractivity contribution in [3.05, 3.63) is 112 Å². The number of rotatable bonds is 12. The summed E-state index contributed by atoms with van der Waals surface area (Å²) in [6, 6.07) is 22.1. The number of halogens is 3. The van der Waals surface area contributed by atoms with E-state index in [1.54, 1.807) is 54.6 Å². The van der Waals surface area contributed by atoms with Gasteiger partial charge in [-0.05, 0) is 35.4 Å². The van der Waals surface area contributed by atoms with Gasteiger partial charge in [-0.2, -0.15) is 13.2 Å². The quantitative estimate of drug-likeness (QED) is 0.111. The summed E-state index contributed by atoms with van der Waals surface area (Å²) >= 11 is 0. The summed E-state index contributed by atoms with van der Waals surface area (Å²) in [4.78, 5) is 21.2. The van der Waals surface area contributed by atoms with Crippen molar-refractivity contribution in [3.63, 3.8) is 0 Å². The highest BCUT2D eigenvalue weighted by atomic mass is 19.4. The van der Waals surface area contributed by atoms with Gasteiger partial charge in [0.1, 0.15) is 12.3 Å². The molecule has 42 heavy (non-hydrogen) atoms. The Morgan fingerprint density at radius 3 is 2.52 bits per heavy atom. The van der Waals surface area contributed by atoms with Crippen molar-refractivity contribution in [2.75, 3.05) is 19.8 Å². The highest BCUT2D eigenvalue weighted by molar-refractivity contribution is 6.01. The molecule has 1 aliphatic heterocycles. The number of hydrogen-bond donors (Lipinski definition) is 2.